The van der Waals surface area contributed by atoms with Crippen LogP contribution < -0.4 is 5.32 Å². The molecule has 0 aliphatic carbocycles. The summed E-state index contributed by atoms with van der Waals surface area (Å²) in [7, 11) is 0. The van der Waals surface area contributed by atoms with Crippen LogP contribution in [-0.2, 0) is 6.54 Å². The van der Waals surface area contributed by atoms with Crippen LogP contribution in [0.2, 0.25) is 0 Å². The summed E-state index contributed by atoms with van der Waals surface area (Å²) in [5.74, 6) is 0. The Kier molecular flexibility index (Phi) is 5.72. The molecule has 0 saturated carbocycles. The van der Waals surface area contributed by atoms with Crippen LogP contribution in [0.15, 0.2) is 28.7 Å². The minimum atomic E-state index is 0. The Morgan fingerprint density at radius 2 is 1.64 bits per heavy atom. The molecule has 1 aromatic carbocycles. The maximum atomic E-state index is 3.44. The maximum absolute atomic E-state index is 3.44. The predicted molar refractivity (Wildman–Crippen MR) is 68.0 cm³/mol. The Bertz CT molecular complexity index is 264. The molecule has 1 N–H and O–H groups in total. The molecule has 0 bridgehead atoms. The summed E-state index contributed by atoms with van der Waals surface area (Å²) in [6, 6.07) is 8.39. The van der Waals surface area contributed by atoms with Crippen molar-refractivity contribution in [1.82, 2.24) is 5.32 Å². The van der Waals surface area contributed by atoms with E-state index < -0.39 is 0 Å². The molecule has 80 valence electrons. The first kappa shape index (κ1) is 13.9. The van der Waals surface area contributed by atoms with Gasteiger partial charge in [-0.3, -0.25) is 0 Å². The van der Waals surface area contributed by atoms with E-state index in [1.165, 1.54) is 5.56 Å². The molecule has 0 unspecified atom stereocenters. The monoisotopic (exact) mass is 277 g/mol. The van der Waals surface area contributed by atoms with Gasteiger partial charge in [0.05, 0.1) is 0 Å². The van der Waals surface area contributed by atoms with Gasteiger partial charge in [-0.25, -0.2) is 0 Å². The van der Waals surface area contributed by atoms with Crippen LogP contribution in [0.5, 0.6) is 0 Å². The van der Waals surface area contributed by atoms with Gasteiger partial charge in [0.15, 0.2) is 0 Å². The molecule has 14 heavy (non-hydrogen) atoms. The molecular weight excluding hydrogens is 261 g/mol. The molecule has 0 aliphatic heterocycles. The molecule has 0 heterocycles. The molecule has 3 heteroatoms. The summed E-state index contributed by atoms with van der Waals surface area (Å²) in [4.78, 5) is 0. The van der Waals surface area contributed by atoms with E-state index in [2.05, 4.69) is 66.3 Å². The highest BCUT2D eigenvalue weighted by atomic mass is 79.9. The molecule has 0 radical (unpaired) electrons. The van der Waals surface area contributed by atoms with Gasteiger partial charge in [-0.2, -0.15) is 0 Å². The Balaban J connectivity index is 0.00000169. The van der Waals surface area contributed by atoms with Crippen molar-refractivity contribution < 1.29 is 0 Å². The van der Waals surface area contributed by atoms with Crippen molar-refractivity contribution in [3.63, 3.8) is 0 Å². The fourth-order valence-corrected chi connectivity index (χ4v) is 1.23. The zero-order chi connectivity index (χ0) is 9.90. The summed E-state index contributed by atoms with van der Waals surface area (Å²) in [6.45, 7) is 7.44. The van der Waals surface area contributed by atoms with E-state index in [-0.39, 0.29) is 17.9 Å². The van der Waals surface area contributed by atoms with Crippen LogP contribution in [0.3, 0.4) is 0 Å². The fraction of sp³-hybridized carbons (Fsp3) is 0.455. The van der Waals surface area contributed by atoms with E-state index in [4.69, 9.17) is 0 Å². The smallest absolute Gasteiger partial charge is 0.0210 e. The predicted octanol–water partition coefficient (Wildman–Crippen LogP) is 3.76. The molecule has 0 atom stereocenters. The number of hydrogen-bond acceptors (Lipinski definition) is 1. The third-order valence-corrected chi connectivity index (χ3v) is 2.26. The molecule has 0 amide bonds. The van der Waals surface area contributed by atoms with Crippen molar-refractivity contribution in [3.05, 3.63) is 34.3 Å². The molecule has 0 saturated heterocycles. The van der Waals surface area contributed by atoms with Gasteiger partial charge in [-0.15, -0.1) is 12.4 Å². The second kappa shape index (κ2) is 5.74. The summed E-state index contributed by atoms with van der Waals surface area (Å²) in [6.07, 6.45) is 0. The molecule has 0 fully saturated rings. The van der Waals surface area contributed by atoms with Crippen molar-refractivity contribution in [2.24, 2.45) is 0 Å². The summed E-state index contributed by atoms with van der Waals surface area (Å²) >= 11 is 3.42. The molecule has 0 aromatic heterocycles. The van der Waals surface area contributed by atoms with Crippen LogP contribution in [0, 0.1) is 0 Å². The summed E-state index contributed by atoms with van der Waals surface area (Å²) in [5.41, 5.74) is 1.51. The lowest BCUT2D eigenvalue weighted by atomic mass is 10.1. The van der Waals surface area contributed by atoms with Gasteiger partial charge in [0.2, 0.25) is 0 Å². The van der Waals surface area contributed by atoms with Gasteiger partial charge < -0.3 is 5.32 Å². The van der Waals surface area contributed by atoms with Crippen LogP contribution in [-0.4, -0.2) is 5.54 Å². The lowest BCUT2D eigenvalue weighted by molar-refractivity contribution is 0.424. The summed E-state index contributed by atoms with van der Waals surface area (Å²) < 4.78 is 1.13. The molecule has 1 aromatic rings. The number of nitrogens with one attached hydrogen (secondary N) is 1. The van der Waals surface area contributed by atoms with Crippen molar-refractivity contribution in [1.29, 1.82) is 0 Å². The SMILES string of the molecule is CC(C)(C)NCc1ccc(Br)cc1.Cl. The Morgan fingerprint density at radius 1 is 1.14 bits per heavy atom. The van der Waals surface area contributed by atoms with Gasteiger partial charge in [-0.05, 0) is 38.5 Å². The Labute approximate surface area is 101 Å². The maximum Gasteiger partial charge on any atom is 0.0210 e. The highest BCUT2D eigenvalue weighted by molar-refractivity contribution is 9.10. The molecule has 0 aliphatic rings. The van der Waals surface area contributed by atoms with Gasteiger partial charge in [-0.1, -0.05) is 28.1 Å². The second-order valence-electron chi connectivity index (χ2n) is 4.23. The number of rotatable bonds is 2. The van der Waals surface area contributed by atoms with Crippen molar-refractivity contribution in [2.75, 3.05) is 0 Å². The average molecular weight is 279 g/mol. The minimum Gasteiger partial charge on any atom is -0.308 e. The van der Waals surface area contributed by atoms with Crippen LogP contribution in [0.25, 0.3) is 0 Å². The third-order valence-electron chi connectivity index (χ3n) is 1.74. The van der Waals surface area contributed by atoms with Gasteiger partial charge in [0, 0.05) is 16.6 Å². The molecule has 1 rings (SSSR count). The zero-order valence-corrected chi connectivity index (χ0v) is 11.2. The topological polar surface area (TPSA) is 12.0 Å². The first-order chi connectivity index (χ1) is 5.97. The minimum absolute atomic E-state index is 0. The van der Waals surface area contributed by atoms with Crippen LogP contribution in [0.4, 0.5) is 0 Å². The molecular formula is C11H17BrClN. The van der Waals surface area contributed by atoms with E-state index in [9.17, 15) is 0 Å². The van der Waals surface area contributed by atoms with E-state index in [0.29, 0.717) is 0 Å². The van der Waals surface area contributed by atoms with Gasteiger partial charge >= 0.3 is 0 Å². The van der Waals surface area contributed by atoms with Crippen molar-refractivity contribution in [2.45, 2.75) is 32.9 Å². The molecule has 0 spiro atoms. The molecule has 1 nitrogen and oxygen atoms in total. The van der Waals surface area contributed by atoms with Gasteiger partial charge in [0.25, 0.3) is 0 Å². The van der Waals surface area contributed by atoms with Crippen LogP contribution >= 0.6 is 28.3 Å². The number of hydrogen-bond donors (Lipinski definition) is 1. The Hall–Kier alpha value is -0.0500. The summed E-state index contributed by atoms with van der Waals surface area (Å²) in [5, 5.41) is 3.44. The van der Waals surface area contributed by atoms with E-state index in [1.54, 1.807) is 0 Å². The second-order valence-corrected chi connectivity index (χ2v) is 5.15. The number of halogens is 2. The Morgan fingerprint density at radius 3 is 2.07 bits per heavy atom. The normalized spacial score (nSPS) is 10.9. The third kappa shape index (κ3) is 5.63. The first-order valence-corrected chi connectivity index (χ1v) is 5.26. The van der Waals surface area contributed by atoms with Gasteiger partial charge in [0.1, 0.15) is 0 Å². The fourth-order valence-electron chi connectivity index (χ4n) is 0.969. The van der Waals surface area contributed by atoms with Crippen LogP contribution in [0.1, 0.15) is 26.3 Å². The van der Waals surface area contributed by atoms with E-state index >= 15 is 0 Å². The zero-order valence-electron chi connectivity index (χ0n) is 8.80. The average Bonchev–Trinajstić information content (AvgIpc) is 2.02. The highest BCUT2D eigenvalue weighted by Crippen LogP contribution is 2.11. The van der Waals surface area contributed by atoms with E-state index in [0.717, 1.165) is 11.0 Å². The first-order valence-electron chi connectivity index (χ1n) is 4.47. The van der Waals surface area contributed by atoms with Crippen molar-refractivity contribution in [3.8, 4) is 0 Å². The quantitative estimate of drug-likeness (QED) is 0.868. The van der Waals surface area contributed by atoms with Crippen molar-refractivity contribution >= 4 is 28.3 Å². The number of benzene rings is 1. The van der Waals surface area contributed by atoms with E-state index in [1.807, 2.05) is 0 Å². The highest BCUT2D eigenvalue weighted by Gasteiger charge is 2.07. The standard InChI is InChI=1S/C11H16BrN.ClH/c1-11(2,3)13-8-9-4-6-10(12)7-5-9;/h4-7,13H,8H2,1-3H3;1H. The largest absolute Gasteiger partial charge is 0.308 e. The lowest BCUT2D eigenvalue weighted by Crippen LogP contribution is -2.34. The lowest BCUT2D eigenvalue weighted by Gasteiger charge is -2.20.